The lowest BCUT2D eigenvalue weighted by Gasteiger charge is -2.07. The zero-order chi connectivity index (χ0) is 19.6. The van der Waals surface area contributed by atoms with Crippen molar-refractivity contribution in [3.63, 3.8) is 0 Å². The quantitative estimate of drug-likeness (QED) is 0.642. The molecular weight excluding hydrogens is 367 g/mol. The SMILES string of the molecule is CCOC(=O)Cn1c(=NC(=O)c2ccccc2F)sc2cc(C)cc(C)c21. The van der Waals surface area contributed by atoms with Crippen LogP contribution in [0.4, 0.5) is 4.39 Å². The number of fused-ring (bicyclic) bond motifs is 1. The monoisotopic (exact) mass is 386 g/mol. The highest BCUT2D eigenvalue weighted by Crippen LogP contribution is 2.23. The van der Waals surface area contributed by atoms with Gasteiger partial charge in [0.15, 0.2) is 4.80 Å². The lowest BCUT2D eigenvalue weighted by Crippen LogP contribution is -2.23. The van der Waals surface area contributed by atoms with Crippen molar-refractivity contribution < 1.29 is 18.7 Å². The molecule has 0 unspecified atom stereocenters. The maximum absolute atomic E-state index is 13.9. The lowest BCUT2D eigenvalue weighted by atomic mass is 10.1. The predicted octanol–water partition coefficient (Wildman–Crippen LogP) is 3.76. The smallest absolute Gasteiger partial charge is 0.326 e. The van der Waals surface area contributed by atoms with E-state index in [2.05, 4.69) is 4.99 Å². The average Bonchev–Trinajstić information content (AvgIpc) is 2.92. The van der Waals surface area contributed by atoms with Crippen LogP contribution in [-0.4, -0.2) is 23.1 Å². The summed E-state index contributed by atoms with van der Waals surface area (Å²) in [6.07, 6.45) is 0. The van der Waals surface area contributed by atoms with E-state index >= 15 is 0 Å². The van der Waals surface area contributed by atoms with Crippen LogP contribution in [0, 0.1) is 19.7 Å². The summed E-state index contributed by atoms with van der Waals surface area (Å²) in [5.74, 6) is -1.74. The molecule has 0 saturated heterocycles. The zero-order valence-corrected chi connectivity index (χ0v) is 16.1. The molecule has 0 radical (unpaired) electrons. The molecule has 0 N–H and O–H groups in total. The van der Waals surface area contributed by atoms with Gasteiger partial charge < -0.3 is 9.30 Å². The van der Waals surface area contributed by atoms with Crippen LogP contribution in [0.3, 0.4) is 0 Å². The van der Waals surface area contributed by atoms with Gasteiger partial charge in [-0.1, -0.05) is 29.5 Å². The molecule has 27 heavy (non-hydrogen) atoms. The Bertz CT molecular complexity index is 1100. The molecule has 2 aromatic carbocycles. The standard InChI is InChI=1S/C20H19FN2O3S/c1-4-26-17(24)11-23-18-13(3)9-12(2)10-16(18)27-20(23)22-19(25)14-7-5-6-8-15(14)21/h5-10H,4,11H2,1-3H3. The van der Waals surface area contributed by atoms with Gasteiger partial charge in [-0.05, 0) is 50.1 Å². The number of aryl methyl sites for hydroxylation is 2. The van der Waals surface area contributed by atoms with E-state index in [1.807, 2.05) is 26.0 Å². The van der Waals surface area contributed by atoms with E-state index in [1.54, 1.807) is 17.6 Å². The Hall–Kier alpha value is -2.80. The third-order valence-corrected chi connectivity index (χ3v) is 5.03. The fraction of sp³-hybridized carbons (Fsp3) is 0.250. The van der Waals surface area contributed by atoms with Gasteiger partial charge >= 0.3 is 5.97 Å². The second-order valence-electron chi connectivity index (χ2n) is 6.10. The van der Waals surface area contributed by atoms with Crippen molar-refractivity contribution in [2.45, 2.75) is 27.3 Å². The van der Waals surface area contributed by atoms with Crippen LogP contribution >= 0.6 is 11.3 Å². The highest BCUT2D eigenvalue weighted by Gasteiger charge is 2.16. The number of nitrogens with zero attached hydrogens (tertiary/aromatic N) is 2. The molecule has 140 valence electrons. The topological polar surface area (TPSA) is 60.7 Å². The number of benzene rings is 2. The van der Waals surface area contributed by atoms with Crippen LogP contribution in [-0.2, 0) is 16.1 Å². The van der Waals surface area contributed by atoms with E-state index in [-0.39, 0.29) is 18.7 Å². The molecule has 0 bridgehead atoms. The summed E-state index contributed by atoms with van der Waals surface area (Å²) in [5, 5.41) is 0. The number of carbonyl (C=O) groups excluding carboxylic acids is 2. The number of hydrogen-bond donors (Lipinski definition) is 0. The van der Waals surface area contributed by atoms with E-state index in [4.69, 9.17) is 4.74 Å². The third kappa shape index (κ3) is 3.98. The van der Waals surface area contributed by atoms with E-state index in [0.717, 1.165) is 21.3 Å². The number of hydrogen-bond acceptors (Lipinski definition) is 4. The number of halogens is 1. The first-order valence-electron chi connectivity index (χ1n) is 8.50. The Morgan fingerprint density at radius 3 is 2.67 bits per heavy atom. The summed E-state index contributed by atoms with van der Waals surface area (Å²) in [6, 6.07) is 9.67. The highest BCUT2D eigenvalue weighted by molar-refractivity contribution is 7.16. The maximum Gasteiger partial charge on any atom is 0.326 e. The van der Waals surface area contributed by atoms with Gasteiger partial charge in [-0.3, -0.25) is 9.59 Å². The number of esters is 1. The molecule has 3 rings (SSSR count). The molecule has 0 aliphatic heterocycles. The first-order valence-corrected chi connectivity index (χ1v) is 9.32. The van der Waals surface area contributed by atoms with Crippen molar-refractivity contribution in [1.82, 2.24) is 4.57 Å². The second kappa shape index (κ2) is 7.84. The summed E-state index contributed by atoms with van der Waals surface area (Å²) >= 11 is 1.29. The van der Waals surface area contributed by atoms with E-state index in [1.165, 1.54) is 29.5 Å². The van der Waals surface area contributed by atoms with Gasteiger partial charge in [0, 0.05) is 0 Å². The Kier molecular flexibility index (Phi) is 5.51. The fourth-order valence-corrected chi connectivity index (χ4v) is 4.15. The number of rotatable bonds is 4. The Balaban J connectivity index is 2.19. The Labute approximate surface area is 159 Å². The van der Waals surface area contributed by atoms with Crippen LogP contribution in [0.1, 0.15) is 28.4 Å². The van der Waals surface area contributed by atoms with Gasteiger partial charge in [-0.25, -0.2) is 4.39 Å². The van der Waals surface area contributed by atoms with Crippen molar-refractivity contribution >= 4 is 33.4 Å². The van der Waals surface area contributed by atoms with Gasteiger partial charge in [0.05, 0.1) is 22.4 Å². The minimum atomic E-state index is -0.688. The minimum absolute atomic E-state index is 0.0683. The van der Waals surface area contributed by atoms with Crippen molar-refractivity contribution in [1.29, 1.82) is 0 Å². The highest BCUT2D eigenvalue weighted by atomic mass is 32.1. The summed E-state index contributed by atoms with van der Waals surface area (Å²) in [6.45, 7) is 5.84. The van der Waals surface area contributed by atoms with Gasteiger partial charge in [0.1, 0.15) is 12.4 Å². The van der Waals surface area contributed by atoms with Crippen LogP contribution < -0.4 is 4.80 Å². The Morgan fingerprint density at radius 2 is 1.96 bits per heavy atom. The zero-order valence-electron chi connectivity index (χ0n) is 15.3. The molecule has 5 nitrogen and oxygen atoms in total. The average molecular weight is 386 g/mol. The molecule has 0 aliphatic carbocycles. The number of ether oxygens (including phenoxy) is 1. The first kappa shape index (κ1) is 19.0. The van der Waals surface area contributed by atoms with Crippen molar-refractivity contribution in [3.8, 4) is 0 Å². The van der Waals surface area contributed by atoms with Gasteiger partial charge in [0.25, 0.3) is 5.91 Å². The lowest BCUT2D eigenvalue weighted by molar-refractivity contribution is -0.143. The third-order valence-electron chi connectivity index (χ3n) is 4.01. The summed E-state index contributed by atoms with van der Waals surface area (Å²) < 4.78 is 21.5. The molecule has 0 aliphatic rings. The number of aromatic nitrogens is 1. The molecule has 0 spiro atoms. The fourth-order valence-electron chi connectivity index (χ4n) is 2.94. The molecule has 0 atom stereocenters. The molecule has 0 saturated carbocycles. The minimum Gasteiger partial charge on any atom is -0.465 e. The largest absolute Gasteiger partial charge is 0.465 e. The molecule has 3 aromatic rings. The van der Waals surface area contributed by atoms with Crippen LogP contribution in [0.5, 0.6) is 0 Å². The molecule has 1 heterocycles. The van der Waals surface area contributed by atoms with Crippen molar-refractivity contribution in [3.05, 3.63) is 63.7 Å². The summed E-state index contributed by atoms with van der Waals surface area (Å²) in [4.78, 5) is 29.0. The van der Waals surface area contributed by atoms with E-state index < -0.39 is 17.7 Å². The predicted molar refractivity (Wildman–Crippen MR) is 102 cm³/mol. The van der Waals surface area contributed by atoms with Crippen molar-refractivity contribution in [2.75, 3.05) is 6.61 Å². The molecule has 0 fully saturated rings. The van der Waals surface area contributed by atoms with Gasteiger partial charge in [-0.15, -0.1) is 0 Å². The second-order valence-corrected chi connectivity index (χ2v) is 7.11. The first-order chi connectivity index (χ1) is 12.9. The van der Waals surface area contributed by atoms with Gasteiger partial charge in [0.2, 0.25) is 0 Å². The van der Waals surface area contributed by atoms with E-state index in [9.17, 15) is 14.0 Å². The molecule has 1 amide bonds. The maximum atomic E-state index is 13.9. The van der Waals surface area contributed by atoms with Crippen LogP contribution in [0.15, 0.2) is 41.4 Å². The summed E-state index contributed by atoms with van der Waals surface area (Å²) in [5.41, 5.74) is 2.74. The molecule has 1 aromatic heterocycles. The van der Waals surface area contributed by atoms with Crippen LogP contribution in [0.25, 0.3) is 10.2 Å². The number of amides is 1. The Morgan fingerprint density at radius 1 is 1.22 bits per heavy atom. The van der Waals surface area contributed by atoms with Crippen LogP contribution in [0.2, 0.25) is 0 Å². The molecular formula is C20H19FN2O3S. The summed E-state index contributed by atoms with van der Waals surface area (Å²) in [7, 11) is 0. The normalized spacial score (nSPS) is 11.8. The van der Waals surface area contributed by atoms with E-state index in [0.29, 0.717) is 4.80 Å². The number of thiazole rings is 1. The number of carbonyl (C=O) groups is 2. The van der Waals surface area contributed by atoms with Gasteiger partial charge in [-0.2, -0.15) is 4.99 Å². The molecule has 7 heteroatoms. The van der Waals surface area contributed by atoms with Crippen molar-refractivity contribution in [2.24, 2.45) is 4.99 Å².